The first kappa shape index (κ1) is 18.3. The van der Waals surface area contributed by atoms with Gasteiger partial charge in [-0.3, -0.25) is 4.79 Å². The Kier molecular flexibility index (Phi) is 5.61. The summed E-state index contributed by atoms with van der Waals surface area (Å²) in [6.45, 7) is 0.723. The van der Waals surface area contributed by atoms with Crippen molar-refractivity contribution < 1.29 is 19.0 Å². The molecule has 3 aromatic rings. The number of methoxy groups -OCH3 is 3. The zero-order valence-electron chi connectivity index (χ0n) is 15.4. The number of benzene rings is 2. The molecule has 3 rings (SSSR count). The Balaban J connectivity index is 1.75. The van der Waals surface area contributed by atoms with E-state index in [0.717, 1.165) is 12.1 Å². The zero-order valence-corrected chi connectivity index (χ0v) is 15.4. The van der Waals surface area contributed by atoms with E-state index in [1.165, 1.54) is 21.3 Å². The normalized spacial score (nSPS) is 10.3. The van der Waals surface area contributed by atoms with Gasteiger partial charge in [0, 0.05) is 30.2 Å². The summed E-state index contributed by atoms with van der Waals surface area (Å²) in [6.07, 6.45) is 5.41. The lowest BCUT2D eigenvalue weighted by molar-refractivity contribution is 0.102. The Hall–Kier alpha value is -3.48. The molecular formula is C20H21N3O4. The summed E-state index contributed by atoms with van der Waals surface area (Å²) in [7, 11) is 4.54. The number of ether oxygens (including phenoxy) is 3. The van der Waals surface area contributed by atoms with Crippen LogP contribution in [0.3, 0.4) is 0 Å². The Bertz CT molecular complexity index is 880. The number of hydrogen-bond donors (Lipinski definition) is 1. The summed E-state index contributed by atoms with van der Waals surface area (Å²) in [5.74, 6) is 1.03. The van der Waals surface area contributed by atoms with Crippen LogP contribution < -0.4 is 19.5 Å². The number of imidazole rings is 1. The minimum Gasteiger partial charge on any atom is -0.493 e. The summed E-state index contributed by atoms with van der Waals surface area (Å²) in [5.41, 5.74) is 2.22. The molecule has 7 heteroatoms. The van der Waals surface area contributed by atoms with Gasteiger partial charge in [-0.2, -0.15) is 0 Å². The van der Waals surface area contributed by atoms with E-state index in [1.54, 1.807) is 24.7 Å². The van der Waals surface area contributed by atoms with Crippen LogP contribution in [-0.4, -0.2) is 36.8 Å². The van der Waals surface area contributed by atoms with Crippen LogP contribution in [0.2, 0.25) is 0 Å². The first-order valence-corrected chi connectivity index (χ1v) is 8.30. The highest BCUT2D eigenvalue weighted by molar-refractivity contribution is 6.05. The van der Waals surface area contributed by atoms with Gasteiger partial charge in [-0.1, -0.05) is 12.1 Å². The van der Waals surface area contributed by atoms with Crippen molar-refractivity contribution in [1.82, 2.24) is 9.55 Å². The molecule has 0 spiro atoms. The molecular weight excluding hydrogens is 346 g/mol. The summed E-state index contributed by atoms with van der Waals surface area (Å²) in [4.78, 5) is 16.6. The average molecular weight is 367 g/mol. The van der Waals surface area contributed by atoms with Crippen LogP contribution in [-0.2, 0) is 6.54 Å². The molecule has 0 aliphatic carbocycles. The monoisotopic (exact) mass is 367 g/mol. The maximum atomic E-state index is 12.6. The molecule has 1 aromatic heterocycles. The quantitative estimate of drug-likeness (QED) is 0.694. The second-order valence-corrected chi connectivity index (χ2v) is 5.80. The van der Waals surface area contributed by atoms with E-state index in [-0.39, 0.29) is 5.91 Å². The van der Waals surface area contributed by atoms with Gasteiger partial charge in [0.15, 0.2) is 11.5 Å². The van der Waals surface area contributed by atoms with Crippen molar-refractivity contribution >= 4 is 11.6 Å². The number of anilines is 1. The fourth-order valence-corrected chi connectivity index (χ4v) is 2.70. The van der Waals surface area contributed by atoms with Gasteiger partial charge in [0.25, 0.3) is 5.91 Å². The van der Waals surface area contributed by atoms with Crippen molar-refractivity contribution in [3.63, 3.8) is 0 Å². The van der Waals surface area contributed by atoms with E-state index in [4.69, 9.17) is 14.2 Å². The minimum atomic E-state index is -0.267. The molecule has 0 atom stereocenters. The lowest BCUT2D eigenvalue weighted by Gasteiger charge is -2.14. The molecule has 0 bridgehead atoms. The van der Waals surface area contributed by atoms with Crippen molar-refractivity contribution in [3.05, 3.63) is 66.2 Å². The Morgan fingerprint density at radius 1 is 1.04 bits per heavy atom. The summed E-state index contributed by atoms with van der Waals surface area (Å²) < 4.78 is 17.8. The second kappa shape index (κ2) is 8.27. The van der Waals surface area contributed by atoms with E-state index < -0.39 is 0 Å². The van der Waals surface area contributed by atoms with Gasteiger partial charge in [0.2, 0.25) is 5.75 Å². The largest absolute Gasteiger partial charge is 0.493 e. The molecule has 0 fully saturated rings. The van der Waals surface area contributed by atoms with E-state index in [9.17, 15) is 4.79 Å². The molecule has 0 aliphatic rings. The number of nitrogens with zero attached hydrogens (tertiary/aromatic N) is 2. The average Bonchev–Trinajstić information content (AvgIpc) is 3.21. The number of rotatable bonds is 7. The molecule has 27 heavy (non-hydrogen) atoms. The fraction of sp³-hybridized carbons (Fsp3) is 0.200. The molecule has 0 unspecified atom stereocenters. The van der Waals surface area contributed by atoms with E-state index >= 15 is 0 Å². The molecule has 2 aromatic carbocycles. The second-order valence-electron chi connectivity index (χ2n) is 5.80. The van der Waals surface area contributed by atoms with Crippen molar-refractivity contribution in [2.75, 3.05) is 26.6 Å². The predicted octanol–water partition coefficient (Wildman–Crippen LogP) is 3.21. The standard InChI is InChI=1S/C20H21N3O4/c1-25-17-10-15(11-18(26-2)19(17)27-3)20(24)22-16-6-4-14(5-7-16)12-23-9-8-21-13-23/h4-11,13H,12H2,1-3H3,(H,22,24). The highest BCUT2D eigenvalue weighted by Crippen LogP contribution is 2.38. The van der Waals surface area contributed by atoms with Crippen LogP contribution in [0.15, 0.2) is 55.1 Å². The smallest absolute Gasteiger partial charge is 0.255 e. The topological polar surface area (TPSA) is 74.6 Å². The van der Waals surface area contributed by atoms with Crippen LogP contribution in [0.4, 0.5) is 5.69 Å². The van der Waals surface area contributed by atoms with E-state index in [1.807, 2.05) is 35.0 Å². The van der Waals surface area contributed by atoms with Crippen LogP contribution >= 0.6 is 0 Å². The van der Waals surface area contributed by atoms with Gasteiger partial charge >= 0.3 is 0 Å². The van der Waals surface area contributed by atoms with Gasteiger partial charge in [0.1, 0.15) is 0 Å². The van der Waals surface area contributed by atoms with Gasteiger partial charge in [0.05, 0.1) is 27.7 Å². The third kappa shape index (κ3) is 4.20. The lowest BCUT2D eigenvalue weighted by atomic mass is 10.1. The highest BCUT2D eigenvalue weighted by Gasteiger charge is 2.17. The summed E-state index contributed by atoms with van der Waals surface area (Å²) in [6, 6.07) is 10.9. The van der Waals surface area contributed by atoms with Gasteiger partial charge in [-0.25, -0.2) is 4.98 Å². The lowest BCUT2D eigenvalue weighted by Crippen LogP contribution is -2.12. The molecule has 1 amide bonds. The Morgan fingerprint density at radius 3 is 2.22 bits per heavy atom. The van der Waals surface area contributed by atoms with E-state index in [2.05, 4.69) is 10.3 Å². The van der Waals surface area contributed by atoms with Gasteiger partial charge in [-0.05, 0) is 29.8 Å². The van der Waals surface area contributed by atoms with Crippen LogP contribution in [0.1, 0.15) is 15.9 Å². The zero-order chi connectivity index (χ0) is 19.2. The number of amides is 1. The molecule has 0 aliphatic heterocycles. The Morgan fingerprint density at radius 2 is 1.70 bits per heavy atom. The SMILES string of the molecule is COc1cc(C(=O)Nc2ccc(Cn3ccnc3)cc2)cc(OC)c1OC. The van der Waals surface area contributed by atoms with E-state index in [0.29, 0.717) is 28.5 Å². The van der Waals surface area contributed by atoms with Crippen LogP contribution in [0.25, 0.3) is 0 Å². The van der Waals surface area contributed by atoms with Crippen LogP contribution in [0.5, 0.6) is 17.2 Å². The predicted molar refractivity (Wildman–Crippen MR) is 102 cm³/mol. The van der Waals surface area contributed by atoms with Crippen molar-refractivity contribution in [2.24, 2.45) is 0 Å². The van der Waals surface area contributed by atoms with Gasteiger partial charge < -0.3 is 24.1 Å². The molecule has 0 saturated heterocycles. The third-order valence-electron chi connectivity index (χ3n) is 4.06. The Labute approximate surface area is 157 Å². The summed E-state index contributed by atoms with van der Waals surface area (Å²) >= 11 is 0. The summed E-state index contributed by atoms with van der Waals surface area (Å²) in [5, 5.41) is 2.87. The van der Waals surface area contributed by atoms with Crippen molar-refractivity contribution in [1.29, 1.82) is 0 Å². The van der Waals surface area contributed by atoms with Crippen molar-refractivity contribution in [2.45, 2.75) is 6.54 Å². The third-order valence-corrected chi connectivity index (χ3v) is 4.06. The van der Waals surface area contributed by atoms with Crippen molar-refractivity contribution in [3.8, 4) is 17.2 Å². The number of hydrogen-bond acceptors (Lipinski definition) is 5. The highest BCUT2D eigenvalue weighted by atomic mass is 16.5. The number of aromatic nitrogens is 2. The molecule has 1 N–H and O–H groups in total. The molecule has 0 saturated carbocycles. The number of carbonyl (C=O) groups is 1. The van der Waals surface area contributed by atoms with Gasteiger partial charge in [-0.15, -0.1) is 0 Å². The maximum absolute atomic E-state index is 12.6. The minimum absolute atomic E-state index is 0.267. The number of nitrogens with one attached hydrogen (secondary N) is 1. The molecule has 1 heterocycles. The molecule has 140 valence electrons. The fourth-order valence-electron chi connectivity index (χ4n) is 2.70. The first-order chi connectivity index (χ1) is 13.1. The van der Waals surface area contributed by atoms with Crippen LogP contribution in [0, 0.1) is 0 Å². The molecule has 0 radical (unpaired) electrons. The maximum Gasteiger partial charge on any atom is 0.255 e. The first-order valence-electron chi connectivity index (χ1n) is 8.30. The molecule has 7 nitrogen and oxygen atoms in total. The number of carbonyl (C=O) groups excluding carboxylic acids is 1.